The van der Waals surface area contributed by atoms with Crippen molar-refractivity contribution in [2.45, 2.75) is 32.9 Å². The van der Waals surface area contributed by atoms with Gasteiger partial charge < -0.3 is 9.64 Å². The van der Waals surface area contributed by atoms with Crippen molar-refractivity contribution in [1.29, 1.82) is 0 Å². The Balaban J connectivity index is 2.35. The molecule has 0 atom stereocenters. The van der Waals surface area contributed by atoms with Gasteiger partial charge in [-0.15, -0.1) is 0 Å². The van der Waals surface area contributed by atoms with Crippen molar-refractivity contribution in [2.75, 3.05) is 26.8 Å². The second kappa shape index (κ2) is 4.08. The molecule has 0 saturated carbocycles. The molecule has 0 bridgehead atoms. The lowest BCUT2D eigenvalue weighted by Crippen LogP contribution is -2.63. The van der Waals surface area contributed by atoms with Gasteiger partial charge in [0.1, 0.15) is 0 Å². The van der Waals surface area contributed by atoms with E-state index in [4.69, 9.17) is 4.74 Å². The molecule has 1 fully saturated rings. The molecule has 3 nitrogen and oxygen atoms in total. The van der Waals surface area contributed by atoms with Crippen LogP contribution in [0.15, 0.2) is 0 Å². The van der Waals surface area contributed by atoms with E-state index >= 15 is 0 Å². The number of hydrogen-bond acceptors (Lipinski definition) is 2. The molecule has 0 aromatic heterocycles. The third kappa shape index (κ3) is 3.45. The first-order chi connectivity index (χ1) is 6.76. The summed E-state index contributed by atoms with van der Waals surface area (Å²) >= 11 is 0. The van der Waals surface area contributed by atoms with Gasteiger partial charge in [0.15, 0.2) is 5.67 Å². The predicted molar refractivity (Wildman–Crippen MR) is 56.4 cm³/mol. The van der Waals surface area contributed by atoms with Gasteiger partial charge in [-0.1, -0.05) is 20.8 Å². The SMILES string of the molecule is COCC1(F)CN(C(=O)CC(C)(C)C)C1. The van der Waals surface area contributed by atoms with E-state index in [2.05, 4.69) is 0 Å². The van der Waals surface area contributed by atoms with Crippen LogP contribution in [-0.4, -0.2) is 43.3 Å². The van der Waals surface area contributed by atoms with Gasteiger partial charge in [0.05, 0.1) is 19.7 Å². The molecule has 0 unspecified atom stereocenters. The molecule has 1 amide bonds. The maximum atomic E-state index is 13.6. The van der Waals surface area contributed by atoms with Gasteiger partial charge >= 0.3 is 0 Å². The number of rotatable bonds is 3. The van der Waals surface area contributed by atoms with Crippen molar-refractivity contribution < 1.29 is 13.9 Å². The quantitative estimate of drug-likeness (QED) is 0.719. The van der Waals surface area contributed by atoms with E-state index in [0.717, 1.165) is 0 Å². The van der Waals surface area contributed by atoms with Gasteiger partial charge in [0, 0.05) is 13.5 Å². The van der Waals surface area contributed by atoms with Crippen LogP contribution in [0.4, 0.5) is 4.39 Å². The van der Waals surface area contributed by atoms with Crippen molar-refractivity contribution >= 4 is 5.91 Å². The summed E-state index contributed by atoms with van der Waals surface area (Å²) in [6.45, 7) is 6.44. The van der Waals surface area contributed by atoms with Crippen LogP contribution in [0.3, 0.4) is 0 Å². The molecule has 1 rings (SSSR count). The highest BCUT2D eigenvalue weighted by Crippen LogP contribution is 2.29. The number of amides is 1. The van der Waals surface area contributed by atoms with Gasteiger partial charge in [-0.3, -0.25) is 4.79 Å². The minimum absolute atomic E-state index is 0.0341. The number of halogens is 1. The lowest BCUT2D eigenvalue weighted by molar-refractivity contribution is -0.151. The van der Waals surface area contributed by atoms with Gasteiger partial charge in [-0.2, -0.15) is 0 Å². The van der Waals surface area contributed by atoms with Gasteiger partial charge in [-0.25, -0.2) is 4.39 Å². The molecule has 0 spiro atoms. The number of methoxy groups -OCH3 is 1. The average molecular weight is 217 g/mol. The summed E-state index contributed by atoms with van der Waals surface area (Å²) < 4.78 is 18.4. The van der Waals surface area contributed by atoms with Gasteiger partial charge in [-0.05, 0) is 5.41 Å². The van der Waals surface area contributed by atoms with Crippen LogP contribution in [0, 0.1) is 5.41 Å². The van der Waals surface area contributed by atoms with E-state index < -0.39 is 5.67 Å². The normalized spacial score (nSPS) is 19.9. The zero-order valence-electron chi connectivity index (χ0n) is 9.97. The van der Waals surface area contributed by atoms with Crippen LogP contribution in [0.5, 0.6) is 0 Å². The fourth-order valence-corrected chi connectivity index (χ4v) is 1.73. The largest absolute Gasteiger partial charge is 0.381 e. The standard InChI is InChI=1S/C11H20FNO2/c1-10(2,3)5-9(14)13-6-11(12,7-13)8-15-4/h5-8H2,1-4H3. The molecule has 4 heteroatoms. The number of alkyl halides is 1. The second-order valence-electron chi connectivity index (χ2n) is 5.57. The number of likely N-dealkylation sites (tertiary alicyclic amines) is 1. The van der Waals surface area contributed by atoms with Crippen LogP contribution >= 0.6 is 0 Å². The molecule has 1 saturated heterocycles. The minimum Gasteiger partial charge on any atom is -0.381 e. The third-order valence-electron chi connectivity index (χ3n) is 2.39. The third-order valence-corrected chi connectivity index (χ3v) is 2.39. The first-order valence-electron chi connectivity index (χ1n) is 5.21. The number of ether oxygens (including phenoxy) is 1. The summed E-state index contributed by atoms with van der Waals surface area (Å²) in [7, 11) is 1.47. The molecule has 0 aromatic rings. The highest BCUT2D eigenvalue weighted by Gasteiger charge is 2.46. The Morgan fingerprint density at radius 3 is 2.40 bits per heavy atom. The zero-order valence-corrected chi connectivity index (χ0v) is 9.97. The number of carbonyl (C=O) groups excluding carboxylic acids is 1. The zero-order chi connectivity index (χ0) is 11.7. The molecular formula is C11H20FNO2. The van der Waals surface area contributed by atoms with Gasteiger partial charge in [0.2, 0.25) is 5.91 Å². The van der Waals surface area contributed by atoms with Crippen molar-refractivity contribution in [3.63, 3.8) is 0 Å². The second-order valence-corrected chi connectivity index (χ2v) is 5.57. The summed E-state index contributed by atoms with van der Waals surface area (Å²) in [5.41, 5.74) is -1.35. The van der Waals surface area contributed by atoms with E-state index in [1.54, 1.807) is 4.90 Å². The molecule has 0 aromatic carbocycles. The van der Waals surface area contributed by atoms with E-state index in [0.29, 0.717) is 6.42 Å². The molecule has 88 valence electrons. The van der Waals surface area contributed by atoms with Crippen molar-refractivity contribution in [2.24, 2.45) is 5.41 Å². The summed E-state index contributed by atoms with van der Waals surface area (Å²) in [6, 6.07) is 0. The number of hydrogen-bond donors (Lipinski definition) is 0. The molecule has 15 heavy (non-hydrogen) atoms. The van der Waals surface area contributed by atoms with E-state index in [1.807, 2.05) is 20.8 Å². The number of carbonyl (C=O) groups is 1. The molecule has 0 N–H and O–H groups in total. The van der Waals surface area contributed by atoms with E-state index in [1.165, 1.54) is 7.11 Å². The average Bonchev–Trinajstić information content (AvgIpc) is 1.96. The predicted octanol–water partition coefficient (Wildman–Crippen LogP) is 1.62. The summed E-state index contributed by atoms with van der Waals surface area (Å²) in [5.74, 6) is 0.0341. The fraction of sp³-hybridized carbons (Fsp3) is 0.909. The maximum Gasteiger partial charge on any atom is 0.223 e. The Labute approximate surface area is 90.6 Å². The Morgan fingerprint density at radius 1 is 1.47 bits per heavy atom. The molecule has 0 radical (unpaired) electrons. The molecule has 0 aliphatic carbocycles. The molecule has 1 aliphatic heterocycles. The first-order valence-corrected chi connectivity index (χ1v) is 5.21. The Bertz CT molecular complexity index is 241. The molecular weight excluding hydrogens is 197 g/mol. The van der Waals surface area contributed by atoms with Crippen LogP contribution < -0.4 is 0 Å². The van der Waals surface area contributed by atoms with E-state index in [9.17, 15) is 9.18 Å². The van der Waals surface area contributed by atoms with Crippen molar-refractivity contribution in [3.8, 4) is 0 Å². The lowest BCUT2D eigenvalue weighted by Gasteiger charge is -2.44. The summed E-state index contributed by atoms with van der Waals surface area (Å²) in [4.78, 5) is 13.2. The Morgan fingerprint density at radius 2 is 2.00 bits per heavy atom. The summed E-state index contributed by atoms with van der Waals surface area (Å²) in [5, 5.41) is 0. The Hall–Kier alpha value is -0.640. The lowest BCUT2D eigenvalue weighted by atomic mass is 9.89. The highest BCUT2D eigenvalue weighted by molar-refractivity contribution is 5.78. The minimum atomic E-state index is -1.32. The Kier molecular flexibility index (Phi) is 3.38. The smallest absolute Gasteiger partial charge is 0.223 e. The summed E-state index contributed by atoms with van der Waals surface area (Å²) in [6.07, 6.45) is 0.468. The van der Waals surface area contributed by atoms with E-state index in [-0.39, 0.29) is 31.0 Å². The molecule has 1 heterocycles. The van der Waals surface area contributed by atoms with Crippen molar-refractivity contribution in [1.82, 2.24) is 4.90 Å². The van der Waals surface area contributed by atoms with Crippen LogP contribution in [0.1, 0.15) is 27.2 Å². The fourth-order valence-electron chi connectivity index (χ4n) is 1.73. The molecule has 1 aliphatic rings. The van der Waals surface area contributed by atoms with Crippen molar-refractivity contribution in [3.05, 3.63) is 0 Å². The van der Waals surface area contributed by atoms with Crippen LogP contribution in [0.2, 0.25) is 0 Å². The number of nitrogens with zero attached hydrogens (tertiary/aromatic N) is 1. The topological polar surface area (TPSA) is 29.5 Å². The monoisotopic (exact) mass is 217 g/mol. The highest BCUT2D eigenvalue weighted by atomic mass is 19.1. The maximum absolute atomic E-state index is 13.6. The van der Waals surface area contributed by atoms with Crippen LogP contribution in [-0.2, 0) is 9.53 Å². The van der Waals surface area contributed by atoms with Crippen LogP contribution in [0.25, 0.3) is 0 Å². The first kappa shape index (κ1) is 12.4. The van der Waals surface area contributed by atoms with Gasteiger partial charge in [0.25, 0.3) is 0 Å².